The molecule has 0 bridgehead atoms. The Morgan fingerprint density at radius 1 is 1.10 bits per heavy atom. The highest BCUT2D eigenvalue weighted by Gasteiger charge is 2.67. The molecule has 0 aromatic rings. The molecule has 4 fully saturated rings. The maximum Gasteiger partial charge on any atom is 0.174 e. The maximum absolute atomic E-state index is 6.20. The average Bonchev–Trinajstić information content (AvgIpc) is 3.06. The Morgan fingerprint density at radius 2 is 1.86 bits per heavy atom. The Balaban J connectivity index is 1.72. The van der Waals surface area contributed by atoms with E-state index in [1.165, 1.54) is 12.8 Å². The summed E-state index contributed by atoms with van der Waals surface area (Å²) in [5.74, 6) is 3.06. The van der Waals surface area contributed by atoms with Crippen LogP contribution < -0.4 is 0 Å². The number of hydrogen-bond donors (Lipinski definition) is 0. The highest BCUT2D eigenvalue weighted by Crippen LogP contribution is 2.66. The topological polar surface area (TPSA) is 27.7 Å². The molecule has 2 aliphatic carbocycles. The SMILES string of the molecule is C#C[C@@H]1C[C@]2(C)[C@H](CC[C@@]3(C)[C@H]2CCCC32OCCO2)O1. The van der Waals surface area contributed by atoms with E-state index < -0.39 is 0 Å². The Morgan fingerprint density at radius 3 is 2.57 bits per heavy atom. The molecular formula is C18H26O3. The third-order valence-corrected chi connectivity index (χ3v) is 6.99. The van der Waals surface area contributed by atoms with Crippen LogP contribution in [0.1, 0.15) is 52.4 Å². The van der Waals surface area contributed by atoms with E-state index >= 15 is 0 Å². The van der Waals surface area contributed by atoms with E-state index in [4.69, 9.17) is 20.6 Å². The normalized spacial score (nSPS) is 51.4. The van der Waals surface area contributed by atoms with Crippen LogP contribution in [0.25, 0.3) is 0 Å². The zero-order valence-electron chi connectivity index (χ0n) is 13.2. The summed E-state index contributed by atoms with van der Waals surface area (Å²) in [6.07, 6.45) is 12.6. The summed E-state index contributed by atoms with van der Waals surface area (Å²) in [4.78, 5) is 0. The third kappa shape index (κ3) is 1.67. The van der Waals surface area contributed by atoms with Gasteiger partial charge in [0.15, 0.2) is 5.79 Å². The van der Waals surface area contributed by atoms with Crippen LogP contribution in [0.3, 0.4) is 0 Å². The summed E-state index contributed by atoms with van der Waals surface area (Å²) in [5.41, 5.74) is 0.270. The van der Waals surface area contributed by atoms with E-state index in [2.05, 4.69) is 19.8 Å². The molecule has 4 rings (SSSR count). The van der Waals surface area contributed by atoms with Gasteiger partial charge in [-0.25, -0.2) is 0 Å². The molecule has 2 aliphatic heterocycles. The van der Waals surface area contributed by atoms with Crippen molar-refractivity contribution < 1.29 is 14.2 Å². The Labute approximate surface area is 127 Å². The lowest BCUT2D eigenvalue weighted by Crippen LogP contribution is -2.62. The fraction of sp³-hybridized carbons (Fsp3) is 0.889. The average molecular weight is 290 g/mol. The summed E-state index contributed by atoms with van der Waals surface area (Å²) < 4.78 is 18.5. The molecule has 0 aromatic carbocycles. The molecule has 4 aliphatic rings. The zero-order valence-corrected chi connectivity index (χ0v) is 13.2. The molecular weight excluding hydrogens is 264 g/mol. The molecule has 3 heteroatoms. The van der Waals surface area contributed by atoms with Crippen molar-refractivity contribution in [2.45, 2.75) is 70.4 Å². The fourth-order valence-corrected chi connectivity index (χ4v) is 5.99. The first kappa shape index (κ1) is 14.1. The van der Waals surface area contributed by atoms with Crippen LogP contribution in [0.4, 0.5) is 0 Å². The summed E-state index contributed by atoms with van der Waals surface area (Å²) in [7, 11) is 0. The summed E-state index contributed by atoms with van der Waals surface area (Å²) in [6, 6.07) is 0. The zero-order chi connectivity index (χ0) is 14.7. The second kappa shape index (κ2) is 4.47. The smallest absolute Gasteiger partial charge is 0.174 e. The van der Waals surface area contributed by atoms with Gasteiger partial charge in [-0.2, -0.15) is 0 Å². The van der Waals surface area contributed by atoms with Crippen LogP contribution in [0, 0.1) is 29.1 Å². The minimum absolute atomic E-state index is 0.00867. The van der Waals surface area contributed by atoms with E-state index in [9.17, 15) is 0 Å². The van der Waals surface area contributed by atoms with Gasteiger partial charge >= 0.3 is 0 Å². The first-order valence-electron chi connectivity index (χ1n) is 8.44. The number of ether oxygens (including phenoxy) is 3. The molecule has 3 nitrogen and oxygen atoms in total. The van der Waals surface area contributed by atoms with Crippen molar-refractivity contribution >= 4 is 0 Å². The van der Waals surface area contributed by atoms with E-state index in [0.29, 0.717) is 12.0 Å². The van der Waals surface area contributed by atoms with Crippen molar-refractivity contribution in [3.63, 3.8) is 0 Å². The van der Waals surface area contributed by atoms with E-state index in [1.807, 2.05) is 0 Å². The van der Waals surface area contributed by atoms with Crippen LogP contribution in [0.5, 0.6) is 0 Å². The van der Waals surface area contributed by atoms with Gasteiger partial charge in [0, 0.05) is 17.3 Å². The molecule has 2 saturated carbocycles. The second-order valence-corrected chi connectivity index (χ2v) is 7.84. The van der Waals surface area contributed by atoms with Crippen LogP contribution in [0.15, 0.2) is 0 Å². The minimum atomic E-state index is -0.349. The predicted octanol–water partition coefficient (Wildman–Crippen LogP) is 3.13. The highest BCUT2D eigenvalue weighted by molar-refractivity contribution is 5.15. The van der Waals surface area contributed by atoms with Crippen molar-refractivity contribution in [3.8, 4) is 12.3 Å². The van der Waals surface area contributed by atoms with E-state index in [1.54, 1.807) is 0 Å². The molecule has 2 saturated heterocycles. The predicted molar refractivity (Wildman–Crippen MR) is 79.5 cm³/mol. The van der Waals surface area contributed by atoms with Gasteiger partial charge in [0.25, 0.3) is 0 Å². The van der Waals surface area contributed by atoms with Gasteiger partial charge in [-0.1, -0.05) is 19.8 Å². The molecule has 0 amide bonds. The number of rotatable bonds is 0. The number of fused-ring (bicyclic) bond motifs is 4. The Kier molecular flexibility index (Phi) is 2.99. The van der Waals surface area contributed by atoms with E-state index in [0.717, 1.165) is 38.9 Å². The lowest BCUT2D eigenvalue weighted by atomic mass is 9.48. The highest BCUT2D eigenvalue weighted by atomic mass is 16.7. The molecule has 21 heavy (non-hydrogen) atoms. The van der Waals surface area contributed by atoms with Gasteiger partial charge in [0.1, 0.15) is 6.10 Å². The van der Waals surface area contributed by atoms with E-state index in [-0.39, 0.29) is 22.7 Å². The van der Waals surface area contributed by atoms with Gasteiger partial charge in [0.05, 0.1) is 19.3 Å². The molecule has 0 radical (unpaired) electrons. The van der Waals surface area contributed by atoms with Gasteiger partial charge < -0.3 is 14.2 Å². The largest absolute Gasteiger partial charge is 0.362 e. The quantitative estimate of drug-likeness (QED) is 0.642. The Bertz CT molecular complexity index is 475. The Hall–Kier alpha value is -0.560. The van der Waals surface area contributed by atoms with Crippen molar-refractivity contribution in [2.24, 2.45) is 16.7 Å². The second-order valence-electron chi connectivity index (χ2n) is 7.84. The lowest BCUT2D eigenvalue weighted by Gasteiger charge is -2.61. The third-order valence-electron chi connectivity index (χ3n) is 6.99. The number of terminal acetylenes is 1. The maximum atomic E-state index is 6.20. The van der Waals surface area contributed by atoms with Crippen molar-refractivity contribution in [1.82, 2.24) is 0 Å². The van der Waals surface area contributed by atoms with Gasteiger partial charge in [-0.05, 0) is 38.0 Å². The van der Waals surface area contributed by atoms with Crippen LogP contribution in [0.2, 0.25) is 0 Å². The van der Waals surface area contributed by atoms with Crippen LogP contribution >= 0.6 is 0 Å². The standard InChI is InChI=1S/C18H26O3/c1-4-13-12-16(2)14-6-5-8-18(19-10-11-20-18)17(14,3)9-7-15(16)21-13/h1,13-15H,5-12H2,2-3H3/t13-,14+,15+,16+,17+/m1/s1. The lowest BCUT2D eigenvalue weighted by molar-refractivity contribution is -0.297. The summed E-state index contributed by atoms with van der Waals surface area (Å²) in [6.45, 7) is 6.27. The molecule has 2 heterocycles. The van der Waals surface area contributed by atoms with Crippen molar-refractivity contribution in [2.75, 3.05) is 13.2 Å². The van der Waals surface area contributed by atoms with Gasteiger partial charge in [-0.3, -0.25) is 0 Å². The number of hydrogen-bond acceptors (Lipinski definition) is 3. The minimum Gasteiger partial charge on any atom is -0.362 e. The molecule has 116 valence electrons. The van der Waals surface area contributed by atoms with Gasteiger partial charge in [0.2, 0.25) is 0 Å². The summed E-state index contributed by atoms with van der Waals surface area (Å²) >= 11 is 0. The first-order chi connectivity index (χ1) is 10.0. The molecule has 0 aromatic heterocycles. The molecule has 1 spiro atoms. The van der Waals surface area contributed by atoms with Crippen molar-refractivity contribution in [3.05, 3.63) is 0 Å². The monoisotopic (exact) mass is 290 g/mol. The van der Waals surface area contributed by atoms with Gasteiger partial charge in [-0.15, -0.1) is 6.42 Å². The summed E-state index contributed by atoms with van der Waals surface area (Å²) in [5, 5.41) is 0. The first-order valence-corrected chi connectivity index (χ1v) is 8.44. The van der Waals surface area contributed by atoms with Crippen LogP contribution in [-0.4, -0.2) is 31.2 Å². The van der Waals surface area contributed by atoms with Crippen LogP contribution in [-0.2, 0) is 14.2 Å². The van der Waals surface area contributed by atoms with Crippen molar-refractivity contribution in [1.29, 1.82) is 0 Å². The molecule has 0 unspecified atom stereocenters. The molecule has 5 atom stereocenters. The molecule has 0 N–H and O–H groups in total. The fourth-order valence-electron chi connectivity index (χ4n) is 5.99.